The highest BCUT2D eigenvalue weighted by Crippen LogP contribution is 2.17. The molecule has 7 heteroatoms. The van der Waals surface area contributed by atoms with Gasteiger partial charge in [-0.3, -0.25) is 14.5 Å². The summed E-state index contributed by atoms with van der Waals surface area (Å²) < 4.78 is 0. The first-order valence-corrected chi connectivity index (χ1v) is 7.75. The summed E-state index contributed by atoms with van der Waals surface area (Å²) >= 11 is 0. The molecule has 126 valence electrons. The maximum absolute atomic E-state index is 12.0. The molecule has 7 nitrogen and oxygen atoms in total. The van der Waals surface area contributed by atoms with E-state index >= 15 is 0 Å². The van der Waals surface area contributed by atoms with Crippen LogP contribution < -0.4 is 11.1 Å². The molecule has 0 aliphatic carbocycles. The normalized spacial score (nSPS) is 17.9. The van der Waals surface area contributed by atoms with E-state index in [1.165, 1.54) is 0 Å². The molecule has 0 aromatic rings. The highest BCUT2D eigenvalue weighted by atomic mass is 16.4. The molecule has 1 atom stereocenters. The van der Waals surface area contributed by atoms with E-state index in [1.807, 2.05) is 0 Å². The zero-order chi connectivity index (χ0) is 16.5. The first-order valence-electron chi connectivity index (χ1n) is 7.75. The number of likely N-dealkylation sites (tertiary alicyclic amines) is 1. The van der Waals surface area contributed by atoms with Crippen molar-refractivity contribution in [1.29, 1.82) is 0 Å². The van der Waals surface area contributed by atoms with E-state index in [0.717, 1.165) is 32.4 Å². The average Bonchev–Trinajstić information content (AvgIpc) is 2.46. The van der Waals surface area contributed by atoms with E-state index in [4.69, 9.17) is 15.9 Å². The van der Waals surface area contributed by atoms with Crippen LogP contribution in [0.25, 0.3) is 0 Å². The molecule has 5 N–H and O–H groups in total. The van der Waals surface area contributed by atoms with E-state index < -0.39 is 12.0 Å². The van der Waals surface area contributed by atoms with Gasteiger partial charge in [0.05, 0.1) is 12.3 Å². The third-order valence-electron chi connectivity index (χ3n) is 3.92. The van der Waals surface area contributed by atoms with E-state index in [9.17, 15) is 9.59 Å². The van der Waals surface area contributed by atoms with Crippen molar-refractivity contribution in [2.75, 3.05) is 26.2 Å². The fourth-order valence-electron chi connectivity index (χ4n) is 2.58. The van der Waals surface area contributed by atoms with E-state index in [0.29, 0.717) is 25.9 Å². The molecular formula is C15H27N3O4. The molecule has 22 heavy (non-hydrogen) atoms. The minimum Gasteiger partial charge on any atom is -0.512 e. The highest BCUT2D eigenvalue weighted by Gasteiger charge is 2.24. The number of aliphatic carboxylic acids is 1. The predicted octanol–water partition coefficient (Wildman–Crippen LogP) is 0.469. The Bertz CT molecular complexity index is 392. The molecule has 0 aromatic heterocycles. The summed E-state index contributed by atoms with van der Waals surface area (Å²) in [6.07, 6.45) is 3.40. The number of carboxylic acid groups (broad SMARTS) is 1. The third kappa shape index (κ3) is 6.91. The van der Waals surface area contributed by atoms with E-state index in [2.05, 4.69) is 16.8 Å². The lowest BCUT2D eigenvalue weighted by Gasteiger charge is -2.30. The molecule has 1 saturated heterocycles. The van der Waals surface area contributed by atoms with Crippen LogP contribution >= 0.6 is 0 Å². The van der Waals surface area contributed by atoms with Crippen molar-refractivity contribution < 1.29 is 19.8 Å². The third-order valence-corrected chi connectivity index (χ3v) is 3.92. The van der Waals surface area contributed by atoms with Gasteiger partial charge < -0.3 is 21.3 Å². The molecule has 1 heterocycles. The van der Waals surface area contributed by atoms with Crippen LogP contribution in [0.2, 0.25) is 0 Å². The Labute approximate surface area is 131 Å². The van der Waals surface area contributed by atoms with Gasteiger partial charge in [-0.1, -0.05) is 6.58 Å². The molecule has 0 bridgehead atoms. The van der Waals surface area contributed by atoms with Crippen molar-refractivity contribution in [3.8, 4) is 0 Å². The van der Waals surface area contributed by atoms with Gasteiger partial charge in [0.1, 0.15) is 6.04 Å². The van der Waals surface area contributed by atoms with Crippen LogP contribution in [0.15, 0.2) is 12.3 Å². The van der Waals surface area contributed by atoms with Gasteiger partial charge in [0.2, 0.25) is 5.91 Å². The van der Waals surface area contributed by atoms with Crippen molar-refractivity contribution in [2.45, 2.75) is 38.1 Å². The number of carboxylic acids is 1. The molecule has 1 aliphatic heterocycles. The zero-order valence-corrected chi connectivity index (χ0v) is 13.0. The number of nitrogens with one attached hydrogen (secondary N) is 1. The Morgan fingerprint density at radius 1 is 1.27 bits per heavy atom. The summed E-state index contributed by atoms with van der Waals surface area (Å²) in [4.78, 5) is 24.7. The quantitative estimate of drug-likeness (QED) is 0.363. The minimum atomic E-state index is -0.985. The Morgan fingerprint density at radius 3 is 2.45 bits per heavy atom. The second-order valence-corrected chi connectivity index (χ2v) is 5.85. The topological polar surface area (TPSA) is 116 Å². The summed E-state index contributed by atoms with van der Waals surface area (Å²) in [5.74, 6) is -0.752. The first kappa shape index (κ1) is 18.4. The van der Waals surface area contributed by atoms with E-state index in [1.54, 1.807) is 0 Å². The van der Waals surface area contributed by atoms with Crippen molar-refractivity contribution in [3.05, 3.63) is 12.3 Å². The van der Waals surface area contributed by atoms with Crippen molar-refractivity contribution >= 4 is 11.9 Å². The Balaban J connectivity index is 2.11. The van der Waals surface area contributed by atoms with Gasteiger partial charge in [0.15, 0.2) is 0 Å². The number of aliphatic hydroxyl groups excluding tert-OH is 1. The number of aliphatic hydroxyl groups is 1. The van der Waals surface area contributed by atoms with Crippen LogP contribution in [0.3, 0.4) is 0 Å². The Hall–Kier alpha value is -1.60. The Morgan fingerprint density at radius 2 is 1.91 bits per heavy atom. The fourth-order valence-corrected chi connectivity index (χ4v) is 2.58. The number of hydrogen-bond acceptors (Lipinski definition) is 5. The number of nitrogens with zero attached hydrogens (tertiary/aromatic N) is 1. The maximum atomic E-state index is 12.0. The molecule has 0 radical (unpaired) electrons. The molecule has 0 saturated carbocycles. The van der Waals surface area contributed by atoms with Gasteiger partial charge in [0, 0.05) is 12.5 Å². The number of rotatable bonds is 9. The van der Waals surface area contributed by atoms with Gasteiger partial charge in [-0.25, -0.2) is 0 Å². The smallest absolute Gasteiger partial charge is 0.320 e. The number of carbonyl (C=O) groups is 2. The summed E-state index contributed by atoms with van der Waals surface area (Å²) in [5.41, 5.74) is 5.41. The maximum Gasteiger partial charge on any atom is 0.320 e. The van der Waals surface area contributed by atoms with Crippen LogP contribution in [-0.2, 0) is 9.59 Å². The Kier molecular flexibility index (Phi) is 7.90. The fraction of sp³-hybridized carbons (Fsp3) is 0.733. The number of amides is 1. The molecule has 0 unspecified atom stereocenters. The molecule has 1 amide bonds. The number of carbonyl (C=O) groups excluding carboxylic acids is 1. The number of piperidine rings is 1. The summed E-state index contributed by atoms with van der Waals surface area (Å²) in [5, 5.41) is 20.7. The average molecular weight is 313 g/mol. The molecular weight excluding hydrogens is 286 g/mol. The van der Waals surface area contributed by atoms with Crippen molar-refractivity contribution in [1.82, 2.24) is 10.2 Å². The molecule has 1 aliphatic rings. The first-order chi connectivity index (χ1) is 10.4. The monoisotopic (exact) mass is 313 g/mol. The molecule has 1 fully saturated rings. The van der Waals surface area contributed by atoms with Gasteiger partial charge in [0.25, 0.3) is 0 Å². The van der Waals surface area contributed by atoms with Crippen LogP contribution in [-0.4, -0.2) is 59.2 Å². The summed E-state index contributed by atoms with van der Waals surface area (Å²) in [6.45, 7) is 6.06. The van der Waals surface area contributed by atoms with Crippen LogP contribution in [0, 0.1) is 5.92 Å². The largest absolute Gasteiger partial charge is 0.512 e. The SMILES string of the molecule is C=C(O)CN1CCC(C(=O)NCCCC[C@@H](N)C(=O)O)CC1. The number of nitrogens with two attached hydrogens (primary N) is 1. The van der Waals surface area contributed by atoms with Crippen LogP contribution in [0.4, 0.5) is 0 Å². The van der Waals surface area contributed by atoms with Crippen molar-refractivity contribution in [3.63, 3.8) is 0 Å². The van der Waals surface area contributed by atoms with E-state index in [-0.39, 0.29) is 17.6 Å². The second kappa shape index (κ2) is 9.42. The summed E-state index contributed by atoms with van der Waals surface area (Å²) in [7, 11) is 0. The highest BCUT2D eigenvalue weighted by molar-refractivity contribution is 5.78. The van der Waals surface area contributed by atoms with Gasteiger partial charge in [-0.2, -0.15) is 0 Å². The summed E-state index contributed by atoms with van der Waals surface area (Å²) in [6, 6.07) is -0.818. The lowest BCUT2D eigenvalue weighted by Crippen LogP contribution is -2.41. The second-order valence-electron chi connectivity index (χ2n) is 5.85. The van der Waals surface area contributed by atoms with Gasteiger partial charge in [-0.15, -0.1) is 0 Å². The number of hydrogen-bond donors (Lipinski definition) is 4. The predicted molar refractivity (Wildman–Crippen MR) is 83.4 cm³/mol. The van der Waals surface area contributed by atoms with Gasteiger partial charge in [-0.05, 0) is 45.2 Å². The van der Waals surface area contributed by atoms with Gasteiger partial charge >= 0.3 is 5.97 Å². The van der Waals surface area contributed by atoms with Crippen LogP contribution in [0.1, 0.15) is 32.1 Å². The van der Waals surface area contributed by atoms with Crippen LogP contribution in [0.5, 0.6) is 0 Å². The lowest BCUT2D eigenvalue weighted by molar-refractivity contribution is -0.138. The lowest BCUT2D eigenvalue weighted by atomic mass is 9.96. The number of unbranched alkanes of at least 4 members (excludes halogenated alkanes) is 1. The molecule has 0 aromatic carbocycles. The standard InChI is InChI=1S/C15H27N3O4/c1-11(19)10-18-8-5-12(6-9-18)14(20)17-7-3-2-4-13(16)15(21)22/h12-13,19H,1-10,16H2,(H,17,20)(H,21,22)/t13-/m1/s1. The molecule has 1 rings (SSSR count). The van der Waals surface area contributed by atoms with Crippen molar-refractivity contribution in [2.24, 2.45) is 11.7 Å². The minimum absolute atomic E-state index is 0.0180. The zero-order valence-electron chi connectivity index (χ0n) is 13.0. The molecule has 0 spiro atoms.